The number of aromatic nitrogens is 1. The Hall–Kier alpha value is -1.23. The average Bonchev–Trinajstić information content (AvgIpc) is 3.03. The second-order valence-corrected chi connectivity index (χ2v) is 5.59. The van der Waals surface area contributed by atoms with Crippen LogP contribution in [0.5, 0.6) is 0 Å². The topological polar surface area (TPSA) is 36.1 Å². The molecule has 0 spiro atoms. The molecule has 1 aliphatic rings. The van der Waals surface area contributed by atoms with E-state index in [1.165, 1.54) is 16.9 Å². The van der Waals surface area contributed by atoms with Crippen LogP contribution in [-0.2, 0) is 0 Å². The molecule has 0 aliphatic carbocycles. The molecule has 18 heavy (non-hydrogen) atoms. The van der Waals surface area contributed by atoms with Crippen molar-refractivity contribution in [3.05, 3.63) is 52.5 Å². The normalized spacial score (nSPS) is 25.7. The lowest BCUT2D eigenvalue weighted by molar-refractivity contribution is 0.150. The summed E-state index contributed by atoms with van der Waals surface area (Å²) in [5, 5.41) is 13.0. The van der Waals surface area contributed by atoms with Gasteiger partial charge in [-0.1, -0.05) is 30.3 Å². The van der Waals surface area contributed by atoms with Gasteiger partial charge in [0.1, 0.15) is 11.1 Å². The van der Waals surface area contributed by atoms with E-state index in [0.717, 1.165) is 11.6 Å². The van der Waals surface area contributed by atoms with Crippen LogP contribution in [-0.4, -0.2) is 27.6 Å². The highest BCUT2D eigenvalue weighted by atomic mass is 32.1. The fourth-order valence-corrected chi connectivity index (χ4v) is 3.04. The van der Waals surface area contributed by atoms with Crippen molar-refractivity contribution >= 4 is 11.3 Å². The van der Waals surface area contributed by atoms with Crippen LogP contribution in [0, 0.1) is 0 Å². The van der Waals surface area contributed by atoms with Crippen molar-refractivity contribution in [2.24, 2.45) is 0 Å². The first-order valence-electron chi connectivity index (χ1n) is 6.15. The van der Waals surface area contributed by atoms with Crippen LogP contribution in [0.15, 0.2) is 41.9 Å². The molecule has 2 aromatic rings. The van der Waals surface area contributed by atoms with Crippen LogP contribution in [0.1, 0.15) is 29.6 Å². The van der Waals surface area contributed by atoms with Crippen LogP contribution < -0.4 is 0 Å². The highest BCUT2D eigenvalue weighted by molar-refractivity contribution is 7.09. The fraction of sp³-hybridized carbons (Fsp3) is 0.357. The first-order valence-corrected chi connectivity index (χ1v) is 7.03. The third-order valence-corrected chi connectivity index (χ3v) is 4.38. The molecule has 1 aliphatic heterocycles. The molecule has 1 aromatic carbocycles. The number of rotatable bonds is 4. The van der Waals surface area contributed by atoms with Gasteiger partial charge in [-0.15, -0.1) is 11.3 Å². The standard InChI is InChI=1S/C14H16N2OS/c1-10(11-5-3-2-4-6-11)16-9-12(16)13(17)14-15-7-8-18-14/h2-8,10,12-13,17H,9H2,1H3/t10-,12+,13+,16?/m0/s1. The minimum absolute atomic E-state index is 0.214. The maximum absolute atomic E-state index is 10.2. The van der Waals surface area contributed by atoms with E-state index in [9.17, 15) is 5.11 Å². The molecular weight excluding hydrogens is 244 g/mol. The number of hydrogen-bond donors (Lipinski definition) is 1. The molecule has 0 bridgehead atoms. The summed E-state index contributed by atoms with van der Waals surface area (Å²) in [6.45, 7) is 3.13. The van der Waals surface area contributed by atoms with Crippen molar-refractivity contribution in [2.75, 3.05) is 6.54 Å². The van der Waals surface area contributed by atoms with Crippen LogP contribution in [0.3, 0.4) is 0 Å². The Morgan fingerprint density at radius 2 is 2.17 bits per heavy atom. The molecule has 1 unspecified atom stereocenters. The smallest absolute Gasteiger partial charge is 0.123 e. The molecule has 0 radical (unpaired) electrons. The monoisotopic (exact) mass is 260 g/mol. The Balaban J connectivity index is 1.67. The zero-order valence-corrected chi connectivity index (χ0v) is 11.0. The predicted molar refractivity (Wildman–Crippen MR) is 72.4 cm³/mol. The van der Waals surface area contributed by atoms with Crippen molar-refractivity contribution in [1.29, 1.82) is 0 Å². The van der Waals surface area contributed by atoms with Crippen LogP contribution in [0.2, 0.25) is 0 Å². The fourth-order valence-electron chi connectivity index (χ4n) is 2.36. The Morgan fingerprint density at radius 3 is 2.83 bits per heavy atom. The van der Waals surface area contributed by atoms with Crippen LogP contribution >= 0.6 is 11.3 Å². The lowest BCUT2D eigenvalue weighted by Gasteiger charge is -2.16. The van der Waals surface area contributed by atoms with Gasteiger partial charge >= 0.3 is 0 Å². The highest BCUT2D eigenvalue weighted by Gasteiger charge is 2.44. The summed E-state index contributed by atoms with van der Waals surface area (Å²) in [7, 11) is 0. The predicted octanol–water partition coefficient (Wildman–Crippen LogP) is 2.62. The summed E-state index contributed by atoms with van der Waals surface area (Å²) in [6, 6.07) is 11.0. The number of nitrogens with zero attached hydrogens (tertiary/aromatic N) is 2. The lowest BCUT2D eigenvalue weighted by atomic mass is 10.1. The molecule has 1 aromatic heterocycles. The van der Waals surface area contributed by atoms with Crippen molar-refractivity contribution in [3.8, 4) is 0 Å². The first-order chi connectivity index (χ1) is 8.77. The largest absolute Gasteiger partial charge is 0.384 e. The van der Waals surface area contributed by atoms with E-state index in [1.54, 1.807) is 6.20 Å². The van der Waals surface area contributed by atoms with Gasteiger partial charge in [-0.3, -0.25) is 4.90 Å². The third kappa shape index (κ3) is 2.19. The third-order valence-electron chi connectivity index (χ3n) is 3.54. The molecule has 4 heteroatoms. The molecule has 2 heterocycles. The van der Waals surface area contributed by atoms with Crippen molar-refractivity contribution in [2.45, 2.75) is 25.1 Å². The number of aliphatic hydroxyl groups is 1. The van der Waals surface area contributed by atoms with Gasteiger partial charge < -0.3 is 5.11 Å². The van der Waals surface area contributed by atoms with Crippen molar-refractivity contribution in [3.63, 3.8) is 0 Å². The van der Waals surface area contributed by atoms with Gasteiger partial charge in [0.2, 0.25) is 0 Å². The number of hydrogen-bond acceptors (Lipinski definition) is 4. The first kappa shape index (κ1) is 11.8. The Labute approximate surface area is 111 Å². The lowest BCUT2D eigenvalue weighted by Crippen LogP contribution is -2.14. The molecule has 1 saturated heterocycles. The van der Waals surface area contributed by atoms with Gasteiger partial charge in [-0.25, -0.2) is 4.98 Å². The summed E-state index contributed by atoms with van der Waals surface area (Å²) in [5.74, 6) is 0. The van der Waals surface area contributed by atoms with Crippen molar-refractivity contribution in [1.82, 2.24) is 9.88 Å². The van der Waals surface area contributed by atoms with Gasteiger partial charge in [0, 0.05) is 24.2 Å². The maximum Gasteiger partial charge on any atom is 0.123 e. The number of aliphatic hydroxyl groups excluding tert-OH is 1. The average molecular weight is 260 g/mol. The van der Waals surface area contributed by atoms with Gasteiger partial charge in [-0.2, -0.15) is 0 Å². The number of benzene rings is 1. The molecule has 0 amide bonds. The minimum atomic E-state index is -0.448. The summed E-state index contributed by atoms with van der Waals surface area (Å²) in [6.07, 6.45) is 1.30. The van der Waals surface area contributed by atoms with Crippen LogP contribution in [0.25, 0.3) is 0 Å². The molecule has 1 fully saturated rings. The van der Waals surface area contributed by atoms with Crippen LogP contribution in [0.4, 0.5) is 0 Å². The Morgan fingerprint density at radius 1 is 1.39 bits per heavy atom. The summed E-state index contributed by atoms with van der Waals surface area (Å²) in [4.78, 5) is 6.49. The molecule has 0 saturated carbocycles. The Bertz CT molecular complexity index is 500. The Kier molecular flexibility index (Phi) is 3.16. The minimum Gasteiger partial charge on any atom is -0.384 e. The summed E-state index contributed by atoms with van der Waals surface area (Å²) >= 11 is 1.52. The van der Waals surface area contributed by atoms with Gasteiger partial charge in [0.05, 0.1) is 6.04 Å². The van der Waals surface area contributed by atoms with E-state index < -0.39 is 6.10 Å². The van der Waals surface area contributed by atoms with E-state index in [1.807, 2.05) is 11.4 Å². The summed E-state index contributed by atoms with van der Waals surface area (Å²) < 4.78 is 0. The van der Waals surface area contributed by atoms with E-state index in [-0.39, 0.29) is 6.04 Å². The zero-order valence-electron chi connectivity index (χ0n) is 10.2. The summed E-state index contributed by atoms with van der Waals surface area (Å²) in [5.41, 5.74) is 1.30. The quantitative estimate of drug-likeness (QED) is 0.858. The van der Waals surface area contributed by atoms with Gasteiger partial charge in [0.25, 0.3) is 0 Å². The van der Waals surface area contributed by atoms with E-state index in [4.69, 9.17) is 0 Å². The second-order valence-electron chi connectivity index (χ2n) is 4.67. The number of thiazole rings is 1. The van der Waals surface area contributed by atoms with E-state index in [2.05, 4.69) is 41.1 Å². The maximum atomic E-state index is 10.2. The van der Waals surface area contributed by atoms with Gasteiger partial charge in [-0.05, 0) is 12.5 Å². The van der Waals surface area contributed by atoms with E-state index in [0.29, 0.717) is 6.04 Å². The molecule has 94 valence electrons. The molecule has 3 nitrogen and oxygen atoms in total. The van der Waals surface area contributed by atoms with Crippen molar-refractivity contribution < 1.29 is 5.11 Å². The van der Waals surface area contributed by atoms with E-state index >= 15 is 0 Å². The molecule has 4 atom stereocenters. The molecule has 3 rings (SSSR count). The molecular formula is C14H16N2OS. The van der Waals surface area contributed by atoms with Gasteiger partial charge in [0.15, 0.2) is 0 Å². The molecule has 1 N–H and O–H groups in total. The zero-order chi connectivity index (χ0) is 12.5. The highest BCUT2D eigenvalue weighted by Crippen LogP contribution is 2.38. The second kappa shape index (κ2) is 4.80. The SMILES string of the molecule is C[C@@H](c1ccccc1)N1C[C@@H]1[C@@H](O)c1nccs1.